The number of carbonyl (C=O) groups excluding carboxylic acids is 2. The van der Waals surface area contributed by atoms with Crippen LogP contribution in [0, 0.1) is 6.92 Å². The van der Waals surface area contributed by atoms with Gasteiger partial charge in [-0.15, -0.1) is 0 Å². The number of hydrogen-bond donors (Lipinski definition) is 1. The van der Waals surface area contributed by atoms with Crippen LogP contribution in [0.3, 0.4) is 0 Å². The van der Waals surface area contributed by atoms with E-state index < -0.39 is 28.5 Å². The number of nitrogens with zero attached hydrogens (tertiary/aromatic N) is 2. The van der Waals surface area contributed by atoms with Crippen molar-refractivity contribution in [3.8, 4) is 11.5 Å². The predicted molar refractivity (Wildman–Crippen MR) is 208 cm³/mol. The summed E-state index contributed by atoms with van der Waals surface area (Å²) in [5.41, 5.74) is 2.36. The number of sulfonamides is 1. The molecule has 0 aliphatic heterocycles. The normalized spacial score (nSPS) is 12.4. The Morgan fingerprint density at radius 3 is 1.94 bits per heavy atom. The van der Waals surface area contributed by atoms with Crippen molar-refractivity contribution in [3.63, 3.8) is 0 Å². The van der Waals surface area contributed by atoms with Gasteiger partial charge in [0.15, 0.2) is 0 Å². The number of rotatable bonds is 15. The number of nitrogens with one attached hydrogen (secondary N) is 1. The Kier molecular flexibility index (Phi) is 13.0. The van der Waals surface area contributed by atoms with Crippen molar-refractivity contribution >= 4 is 50.7 Å². The maximum absolute atomic E-state index is 14.8. The van der Waals surface area contributed by atoms with Gasteiger partial charge in [-0.3, -0.25) is 13.9 Å². The standard InChI is InChI=1S/C41H41Cl2N3O5S/c1-4-30(3)44-41(48)39(26-31-12-7-5-8-13-31)45(27-36-37(42)16-11-17-38(36)43)40(47)28-46(52(49,50)35-24-18-29(2)19-25-35)32-20-22-34(23-21-32)51-33-14-9-6-10-15-33/h5-25,30,39H,4,26-28H2,1-3H3,(H,44,48)/t30-,39-/m0/s1. The van der Waals surface area contributed by atoms with Crippen LogP contribution in [0.2, 0.25) is 10.0 Å². The zero-order valence-electron chi connectivity index (χ0n) is 29.2. The van der Waals surface area contributed by atoms with E-state index in [0.717, 1.165) is 15.4 Å². The molecule has 2 amide bonds. The van der Waals surface area contributed by atoms with E-state index in [1.807, 2.05) is 81.4 Å². The molecule has 5 aromatic rings. The molecule has 5 aromatic carbocycles. The number of ether oxygens (including phenoxy) is 1. The topological polar surface area (TPSA) is 96.0 Å². The third-order valence-electron chi connectivity index (χ3n) is 8.65. The fourth-order valence-corrected chi connectivity index (χ4v) is 7.45. The maximum Gasteiger partial charge on any atom is 0.264 e. The van der Waals surface area contributed by atoms with Gasteiger partial charge in [-0.25, -0.2) is 8.42 Å². The van der Waals surface area contributed by atoms with Crippen molar-refractivity contribution in [1.29, 1.82) is 0 Å². The third kappa shape index (κ3) is 9.73. The minimum atomic E-state index is -4.30. The summed E-state index contributed by atoms with van der Waals surface area (Å²) in [5.74, 6) is 0.0822. The minimum Gasteiger partial charge on any atom is -0.457 e. The van der Waals surface area contributed by atoms with Crippen LogP contribution in [-0.2, 0) is 32.6 Å². The van der Waals surface area contributed by atoms with Gasteiger partial charge in [-0.2, -0.15) is 0 Å². The van der Waals surface area contributed by atoms with Crippen LogP contribution in [0.15, 0.2) is 132 Å². The molecule has 2 atom stereocenters. The molecule has 0 fully saturated rings. The number of hydrogen-bond acceptors (Lipinski definition) is 5. The predicted octanol–water partition coefficient (Wildman–Crippen LogP) is 8.84. The van der Waals surface area contributed by atoms with Crippen LogP contribution in [0.25, 0.3) is 0 Å². The van der Waals surface area contributed by atoms with Gasteiger partial charge in [0.25, 0.3) is 10.0 Å². The van der Waals surface area contributed by atoms with Gasteiger partial charge in [0.05, 0.1) is 10.6 Å². The lowest BCUT2D eigenvalue weighted by Gasteiger charge is -2.34. The molecule has 0 bridgehead atoms. The maximum atomic E-state index is 14.8. The average Bonchev–Trinajstić information content (AvgIpc) is 3.14. The average molecular weight is 759 g/mol. The smallest absolute Gasteiger partial charge is 0.264 e. The van der Waals surface area contributed by atoms with Gasteiger partial charge in [0, 0.05) is 34.6 Å². The van der Waals surface area contributed by atoms with Crippen LogP contribution in [0.4, 0.5) is 5.69 Å². The zero-order valence-corrected chi connectivity index (χ0v) is 31.5. The van der Waals surface area contributed by atoms with Crippen molar-refractivity contribution in [3.05, 3.63) is 154 Å². The number of para-hydroxylation sites is 1. The molecule has 1 N–H and O–H groups in total. The van der Waals surface area contributed by atoms with Gasteiger partial charge >= 0.3 is 0 Å². The van der Waals surface area contributed by atoms with Crippen molar-refractivity contribution in [2.24, 2.45) is 0 Å². The second-order valence-electron chi connectivity index (χ2n) is 12.5. The second kappa shape index (κ2) is 17.6. The molecular weight excluding hydrogens is 717 g/mol. The van der Waals surface area contributed by atoms with E-state index in [4.69, 9.17) is 27.9 Å². The molecule has 0 aromatic heterocycles. The first-order valence-electron chi connectivity index (χ1n) is 16.9. The Hall–Kier alpha value is -4.83. The number of halogens is 2. The van der Waals surface area contributed by atoms with Crippen molar-refractivity contribution in [2.75, 3.05) is 10.8 Å². The lowest BCUT2D eigenvalue weighted by molar-refractivity contribution is -0.140. The fraction of sp³-hybridized carbons (Fsp3) is 0.220. The largest absolute Gasteiger partial charge is 0.457 e. The molecule has 52 heavy (non-hydrogen) atoms. The number of aryl methyl sites for hydroxylation is 1. The summed E-state index contributed by atoms with van der Waals surface area (Å²) in [5, 5.41) is 3.65. The summed E-state index contributed by atoms with van der Waals surface area (Å²) in [7, 11) is -4.30. The van der Waals surface area contributed by atoms with Gasteiger partial charge in [-0.05, 0) is 86.5 Å². The molecule has 0 saturated carbocycles. The van der Waals surface area contributed by atoms with Crippen LogP contribution < -0.4 is 14.4 Å². The molecule has 8 nitrogen and oxygen atoms in total. The first-order valence-corrected chi connectivity index (χ1v) is 19.1. The lowest BCUT2D eigenvalue weighted by Crippen LogP contribution is -2.54. The summed E-state index contributed by atoms with van der Waals surface area (Å²) in [6, 6.07) is 35.2. The van der Waals surface area contributed by atoms with E-state index in [1.165, 1.54) is 17.0 Å². The molecule has 0 heterocycles. The molecule has 0 aliphatic carbocycles. The third-order valence-corrected chi connectivity index (χ3v) is 11.2. The number of amides is 2. The number of benzene rings is 5. The second-order valence-corrected chi connectivity index (χ2v) is 15.2. The molecule has 0 spiro atoms. The Morgan fingerprint density at radius 2 is 1.35 bits per heavy atom. The van der Waals surface area contributed by atoms with Crippen molar-refractivity contribution < 1.29 is 22.7 Å². The van der Waals surface area contributed by atoms with E-state index in [2.05, 4.69) is 5.32 Å². The molecule has 0 radical (unpaired) electrons. The van der Waals surface area contributed by atoms with Crippen LogP contribution in [-0.4, -0.2) is 43.8 Å². The van der Waals surface area contributed by atoms with E-state index in [-0.39, 0.29) is 35.5 Å². The van der Waals surface area contributed by atoms with Gasteiger partial charge < -0.3 is 15.0 Å². The highest BCUT2D eigenvalue weighted by Gasteiger charge is 2.35. The van der Waals surface area contributed by atoms with E-state index >= 15 is 0 Å². The fourth-order valence-electron chi connectivity index (χ4n) is 5.52. The Labute approximate surface area is 316 Å². The summed E-state index contributed by atoms with van der Waals surface area (Å²) in [4.78, 5) is 30.3. The highest BCUT2D eigenvalue weighted by atomic mass is 35.5. The van der Waals surface area contributed by atoms with Crippen molar-refractivity contribution in [1.82, 2.24) is 10.2 Å². The van der Waals surface area contributed by atoms with E-state index in [0.29, 0.717) is 33.5 Å². The van der Waals surface area contributed by atoms with Gasteiger partial charge in [-0.1, -0.05) is 102 Å². The Bertz CT molecular complexity index is 2040. The number of carbonyl (C=O) groups is 2. The summed E-state index contributed by atoms with van der Waals surface area (Å²) < 4.78 is 35.9. The summed E-state index contributed by atoms with van der Waals surface area (Å²) in [6.07, 6.45) is 0.827. The van der Waals surface area contributed by atoms with Crippen LogP contribution in [0.5, 0.6) is 11.5 Å². The summed E-state index contributed by atoms with van der Waals surface area (Å²) in [6.45, 7) is 4.92. The molecular formula is C41H41Cl2N3O5S. The molecule has 5 rings (SSSR count). The van der Waals surface area contributed by atoms with Crippen LogP contribution in [0.1, 0.15) is 37.0 Å². The van der Waals surface area contributed by atoms with Crippen LogP contribution >= 0.6 is 23.2 Å². The SMILES string of the molecule is CC[C@H](C)NC(=O)[C@H](Cc1ccccc1)N(Cc1c(Cl)cccc1Cl)C(=O)CN(c1ccc(Oc2ccccc2)cc1)S(=O)(=O)c1ccc(C)cc1. The van der Waals surface area contributed by atoms with E-state index in [1.54, 1.807) is 54.6 Å². The lowest BCUT2D eigenvalue weighted by atomic mass is 10.0. The first kappa shape index (κ1) is 38.4. The van der Waals surface area contributed by atoms with E-state index in [9.17, 15) is 18.0 Å². The highest BCUT2D eigenvalue weighted by Crippen LogP contribution is 2.31. The molecule has 0 aliphatic rings. The van der Waals surface area contributed by atoms with Gasteiger partial charge in [0.2, 0.25) is 11.8 Å². The minimum absolute atomic E-state index is 0.00607. The quantitative estimate of drug-likeness (QED) is 0.115. The van der Waals surface area contributed by atoms with Crippen molar-refractivity contribution in [2.45, 2.75) is 57.1 Å². The monoisotopic (exact) mass is 757 g/mol. The molecule has 0 unspecified atom stereocenters. The zero-order chi connectivity index (χ0) is 37.3. The first-order chi connectivity index (χ1) is 25.0. The molecule has 11 heteroatoms. The molecule has 0 saturated heterocycles. The Balaban J connectivity index is 1.59. The summed E-state index contributed by atoms with van der Waals surface area (Å²) >= 11 is 13.3. The highest BCUT2D eigenvalue weighted by molar-refractivity contribution is 7.92. The Morgan fingerprint density at radius 1 is 0.769 bits per heavy atom. The van der Waals surface area contributed by atoms with Gasteiger partial charge in [0.1, 0.15) is 24.1 Å². The molecule has 270 valence electrons. The number of anilines is 1.